The zero-order valence-corrected chi connectivity index (χ0v) is 21.2. The number of pyridine rings is 1. The van der Waals surface area contributed by atoms with Crippen LogP contribution in [0.4, 0.5) is 10.3 Å². The Kier molecular flexibility index (Phi) is 6.05. The Morgan fingerprint density at radius 2 is 2.05 bits per heavy atom. The highest BCUT2D eigenvalue weighted by Gasteiger charge is 2.43. The van der Waals surface area contributed by atoms with Crippen LogP contribution in [0.5, 0.6) is 0 Å². The zero-order valence-electron chi connectivity index (χ0n) is 21.2. The van der Waals surface area contributed by atoms with Gasteiger partial charge in [-0.25, -0.2) is 14.4 Å². The van der Waals surface area contributed by atoms with Crippen LogP contribution >= 0.6 is 0 Å². The minimum Gasteiger partial charge on any atom is -0.344 e. The predicted octanol–water partition coefficient (Wildman–Crippen LogP) is 3.19. The molecule has 3 aliphatic heterocycles. The van der Waals surface area contributed by atoms with E-state index in [1.165, 1.54) is 6.42 Å². The van der Waals surface area contributed by atoms with Gasteiger partial charge in [0.1, 0.15) is 5.69 Å². The highest BCUT2D eigenvalue weighted by atomic mass is 19.1. The van der Waals surface area contributed by atoms with Gasteiger partial charge in [-0.05, 0) is 52.4 Å². The number of aromatic nitrogens is 3. The van der Waals surface area contributed by atoms with E-state index in [9.17, 15) is 9.59 Å². The number of anilines is 1. The number of nitrogens with one attached hydrogen (secondary N) is 1. The first kappa shape index (κ1) is 24.1. The number of rotatable bonds is 6. The molecule has 3 aliphatic rings. The molecule has 194 valence electrons. The number of hydrogen-bond acceptors (Lipinski definition) is 8. The van der Waals surface area contributed by atoms with Crippen molar-refractivity contribution in [2.24, 2.45) is 0 Å². The summed E-state index contributed by atoms with van der Waals surface area (Å²) in [5, 5.41) is 3.63. The molecule has 3 saturated heterocycles. The van der Waals surface area contributed by atoms with Gasteiger partial charge in [0.25, 0.3) is 0 Å². The molecule has 1 aromatic carbocycles. The van der Waals surface area contributed by atoms with Crippen molar-refractivity contribution in [3.05, 3.63) is 51.7 Å². The van der Waals surface area contributed by atoms with Crippen molar-refractivity contribution in [2.75, 3.05) is 25.0 Å². The van der Waals surface area contributed by atoms with Gasteiger partial charge >= 0.3 is 0 Å². The van der Waals surface area contributed by atoms with Crippen molar-refractivity contribution in [1.29, 1.82) is 0 Å². The maximum absolute atomic E-state index is 15.0. The van der Waals surface area contributed by atoms with E-state index in [4.69, 9.17) is 9.47 Å². The Bertz CT molecular complexity index is 1450. The van der Waals surface area contributed by atoms with E-state index in [1.807, 2.05) is 13.0 Å². The van der Waals surface area contributed by atoms with Crippen molar-refractivity contribution in [3.63, 3.8) is 0 Å². The molecule has 2 aromatic heterocycles. The second-order valence-electron chi connectivity index (χ2n) is 10.4. The molecule has 0 saturated carbocycles. The maximum Gasteiger partial charge on any atom is 0.223 e. The Morgan fingerprint density at radius 3 is 2.78 bits per heavy atom. The quantitative estimate of drug-likeness (QED) is 0.543. The van der Waals surface area contributed by atoms with E-state index in [0.29, 0.717) is 30.5 Å². The van der Waals surface area contributed by atoms with Gasteiger partial charge < -0.3 is 19.4 Å². The molecule has 3 aromatic rings. The lowest BCUT2D eigenvalue weighted by molar-refractivity contribution is -0.153. The van der Waals surface area contributed by atoms with Gasteiger partial charge in [-0.2, -0.15) is 0 Å². The summed E-state index contributed by atoms with van der Waals surface area (Å²) in [6.07, 6.45) is 1.66. The Balaban J connectivity index is 1.40. The van der Waals surface area contributed by atoms with E-state index in [0.717, 1.165) is 36.1 Å². The SMILES string of the molecule is Cc1c(CN2CCC2)n(C(C)C)c2cc(-c3nc(N[C@@H]4C[C@H]5CO[C@H](O5)C4=O)ncc3F)ccc2c1=O. The van der Waals surface area contributed by atoms with Gasteiger partial charge in [0.05, 0.1) is 30.5 Å². The third-order valence-electron chi connectivity index (χ3n) is 7.55. The lowest BCUT2D eigenvalue weighted by atomic mass is 10.0. The van der Waals surface area contributed by atoms with Crippen LogP contribution in [0.1, 0.15) is 44.0 Å². The molecule has 5 heterocycles. The van der Waals surface area contributed by atoms with Crippen LogP contribution in [0.2, 0.25) is 0 Å². The van der Waals surface area contributed by atoms with Gasteiger partial charge in [-0.3, -0.25) is 14.5 Å². The summed E-state index contributed by atoms with van der Waals surface area (Å²) in [6.45, 7) is 9.19. The van der Waals surface area contributed by atoms with Crippen molar-refractivity contribution >= 4 is 22.6 Å². The van der Waals surface area contributed by atoms with Crippen LogP contribution in [-0.4, -0.2) is 63.4 Å². The van der Waals surface area contributed by atoms with Crippen molar-refractivity contribution in [2.45, 2.75) is 64.6 Å². The molecule has 9 nitrogen and oxygen atoms in total. The fraction of sp³-hybridized carbons (Fsp3) is 0.481. The van der Waals surface area contributed by atoms with Crippen molar-refractivity contribution in [1.82, 2.24) is 19.4 Å². The third kappa shape index (κ3) is 4.22. The van der Waals surface area contributed by atoms with Crippen molar-refractivity contribution in [3.8, 4) is 11.3 Å². The number of carbonyl (C=O) groups is 1. The number of ketones is 1. The Morgan fingerprint density at radius 1 is 1.24 bits per heavy atom. The van der Waals surface area contributed by atoms with E-state index in [-0.39, 0.29) is 35.0 Å². The summed E-state index contributed by atoms with van der Waals surface area (Å²) < 4.78 is 28.0. The van der Waals surface area contributed by atoms with Crippen LogP contribution in [0, 0.1) is 12.7 Å². The summed E-state index contributed by atoms with van der Waals surface area (Å²) in [5.41, 5.74) is 3.12. The van der Waals surface area contributed by atoms with Crippen LogP contribution < -0.4 is 10.7 Å². The van der Waals surface area contributed by atoms with Crippen LogP contribution in [0.25, 0.3) is 22.2 Å². The van der Waals surface area contributed by atoms with E-state index in [2.05, 4.69) is 38.6 Å². The Hall–Kier alpha value is -3.21. The molecule has 0 aliphatic carbocycles. The highest BCUT2D eigenvalue weighted by molar-refractivity contribution is 5.90. The molecule has 0 amide bonds. The Labute approximate surface area is 213 Å². The van der Waals surface area contributed by atoms with Gasteiger partial charge in [0.15, 0.2) is 11.2 Å². The number of ether oxygens (including phenoxy) is 2. The molecular weight excluding hydrogens is 477 g/mol. The van der Waals surface area contributed by atoms with Gasteiger partial charge in [-0.15, -0.1) is 0 Å². The minimum atomic E-state index is -0.877. The van der Waals surface area contributed by atoms with Crippen molar-refractivity contribution < 1.29 is 18.7 Å². The summed E-state index contributed by atoms with van der Waals surface area (Å²) in [7, 11) is 0. The monoisotopic (exact) mass is 507 g/mol. The second-order valence-corrected chi connectivity index (χ2v) is 10.4. The number of hydrogen-bond donors (Lipinski definition) is 1. The van der Waals surface area contributed by atoms with E-state index >= 15 is 4.39 Å². The van der Waals surface area contributed by atoms with Crippen LogP contribution in [0.15, 0.2) is 29.2 Å². The molecule has 6 rings (SSSR count). The second kappa shape index (κ2) is 9.27. The van der Waals surface area contributed by atoms with Gasteiger partial charge in [0.2, 0.25) is 18.0 Å². The number of carbonyl (C=O) groups excluding carboxylic acids is 1. The van der Waals surface area contributed by atoms with E-state index < -0.39 is 18.1 Å². The first-order chi connectivity index (χ1) is 17.8. The van der Waals surface area contributed by atoms with E-state index in [1.54, 1.807) is 12.1 Å². The number of halogens is 1. The lowest BCUT2D eigenvalue weighted by Crippen LogP contribution is -2.44. The first-order valence-electron chi connectivity index (χ1n) is 12.8. The molecule has 3 atom stereocenters. The summed E-state index contributed by atoms with van der Waals surface area (Å²) in [4.78, 5) is 36.7. The highest BCUT2D eigenvalue weighted by Crippen LogP contribution is 2.30. The summed E-state index contributed by atoms with van der Waals surface area (Å²) in [5.74, 6) is -0.655. The molecular formula is C27H30FN5O4. The average molecular weight is 508 g/mol. The summed E-state index contributed by atoms with van der Waals surface area (Å²) in [6, 6.07) is 4.82. The molecule has 0 unspecified atom stereocenters. The molecule has 10 heteroatoms. The van der Waals surface area contributed by atoms with Crippen LogP contribution in [-0.2, 0) is 20.8 Å². The topological polar surface area (TPSA) is 98.6 Å². The zero-order chi connectivity index (χ0) is 25.8. The molecule has 37 heavy (non-hydrogen) atoms. The van der Waals surface area contributed by atoms with Gasteiger partial charge in [-0.1, -0.05) is 6.07 Å². The number of fused-ring (bicyclic) bond motifs is 3. The summed E-state index contributed by atoms with van der Waals surface area (Å²) >= 11 is 0. The number of nitrogens with zero attached hydrogens (tertiary/aromatic N) is 4. The normalized spacial score (nSPS) is 23.6. The largest absolute Gasteiger partial charge is 0.344 e. The van der Waals surface area contributed by atoms with Gasteiger partial charge in [0, 0.05) is 41.2 Å². The fourth-order valence-electron chi connectivity index (χ4n) is 5.45. The smallest absolute Gasteiger partial charge is 0.223 e. The number of Topliss-reactive ketones (excluding diaryl/α,β-unsaturated/α-hetero) is 1. The molecule has 1 N–H and O–H groups in total. The fourth-order valence-corrected chi connectivity index (χ4v) is 5.45. The first-order valence-corrected chi connectivity index (χ1v) is 12.8. The lowest BCUT2D eigenvalue weighted by Gasteiger charge is -2.33. The van der Waals surface area contributed by atoms with Crippen LogP contribution in [0.3, 0.4) is 0 Å². The molecule has 0 radical (unpaired) electrons. The number of benzene rings is 1. The number of likely N-dealkylation sites (tertiary alicyclic amines) is 1. The molecule has 2 bridgehead atoms. The third-order valence-corrected chi connectivity index (χ3v) is 7.55. The maximum atomic E-state index is 15.0. The standard InChI is InChI=1S/C27H30FN5O4/c1-14(2)33-21-9-16(5-6-18(21)24(34)15(3)22(33)12-32-7-4-8-32)23-19(28)11-29-27(31-23)30-20-10-17-13-36-26(37-17)25(20)35/h5-6,9,11,14,17,20,26H,4,7-8,10,12-13H2,1-3H3,(H,29,30,31)/t17-,20+,26+/m0/s1. The molecule has 0 spiro atoms. The predicted molar refractivity (Wildman–Crippen MR) is 136 cm³/mol. The average Bonchev–Trinajstić information content (AvgIpc) is 3.26. The molecule has 3 fully saturated rings. The minimum absolute atomic E-state index is 0.00522.